The van der Waals surface area contributed by atoms with Crippen molar-refractivity contribution in [3.63, 3.8) is 0 Å². The number of hydrogen-bond acceptors (Lipinski definition) is 2. The van der Waals surface area contributed by atoms with E-state index in [0.29, 0.717) is 6.42 Å². The summed E-state index contributed by atoms with van der Waals surface area (Å²) in [5, 5.41) is 0. The SMILES string of the molecule is O=c1[nH]c(Cc2ccccc2)nc2c1CCCC2. The summed E-state index contributed by atoms with van der Waals surface area (Å²) in [6.45, 7) is 0. The number of H-pyrrole nitrogens is 1. The Kier molecular flexibility index (Phi) is 2.97. The van der Waals surface area contributed by atoms with Gasteiger partial charge < -0.3 is 4.98 Å². The van der Waals surface area contributed by atoms with Crippen LogP contribution in [0, 0.1) is 0 Å². The summed E-state index contributed by atoms with van der Waals surface area (Å²) in [5.41, 5.74) is 3.15. The summed E-state index contributed by atoms with van der Waals surface area (Å²) >= 11 is 0. The van der Waals surface area contributed by atoms with Crippen LogP contribution in [-0.2, 0) is 19.3 Å². The molecule has 0 spiro atoms. The van der Waals surface area contributed by atoms with Crippen molar-refractivity contribution in [2.24, 2.45) is 0 Å². The van der Waals surface area contributed by atoms with Crippen LogP contribution in [0.1, 0.15) is 35.5 Å². The van der Waals surface area contributed by atoms with Gasteiger partial charge in [0.2, 0.25) is 0 Å². The van der Waals surface area contributed by atoms with Gasteiger partial charge in [-0.15, -0.1) is 0 Å². The quantitative estimate of drug-likeness (QED) is 0.875. The number of nitrogens with one attached hydrogen (secondary N) is 1. The first-order chi connectivity index (χ1) is 8.83. The molecule has 0 saturated carbocycles. The molecule has 1 aliphatic rings. The fraction of sp³-hybridized carbons (Fsp3) is 0.333. The lowest BCUT2D eigenvalue weighted by Crippen LogP contribution is -2.23. The second kappa shape index (κ2) is 4.77. The maximum atomic E-state index is 12.0. The smallest absolute Gasteiger partial charge is 0.254 e. The molecule has 0 atom stereocenters. The van der Waals surface area contributed by atoms with Gasteiger partial charge in [-0.05, 0) is 31.2 Å². The molecule has 3 rings (SSSR count). The summed E-state index contributed by atoms with van der Waals surface area (Å²) in [5.74, 6) is 0.784. The number of hydrogen-bond donors (Lipinski definition) is 1. The minimum atomic E-state index is 0.0608. The number of aryl methyl sites for hydroxylation is 1. The molecule has 3 nitrogen and oxygen atoms in total. The summed E-state index contributed by atoms with van der Waals surface area (Å²) < 4.78 is 0. The van der Waals surface area contributed by atoms with E-state index in [9.17, 15) is 4.79 Å². The van der Waals surface area contributed by atoms with Crippen LogP contribution in [-0.4, -0.2) is 9.97 Å². The molecular weight excluding hydrogens is 224 g/mol. The van der Waals surface area contributed by atoms with Gasteiger partial charge in [-0.3, -0.25) is 4.79 Å². The van der Waals surface area contributed by atoms with Crippen molar-refractivity contribution in [3.8, 4) is 0 Å². The highest BCUT2D eigenvalue weighted by molar-refractivity contribution is 5.24. The second-order valence-corrected chi connectivity index (χ2v) is 4.81. The van der Waals surface area contributed by atoms with E-state index in [1.54, 1.807) is 0 Å². The number of rotatable bonds is 2. The second-order valence-electron chi connectivity index (χ2n) is 4.81. The molecule has 0 bridgehead atoms. The fourth-order valence-corrected chi connectivity index (χ4v) is 2.53. The molecule has 0 fully saturated rings. The zero-order valence-corrected chi connectivity index (χ0v) is 10.3. The monoisotopic (exact) mass is 240 g/mol. The van der Waals surface area contributed by atoms with E-state index >= 15 is 0 Å². The molecule has 3 heteroatoms. The van der Waals surface area contributed by atoms with Gasteiger partial charge in [-0.25, -0.2) is 4.98 Å². The molecule has 0 amide bonds. The molecule has 1 aromatic heterocycles. The summed E-state index contributed by atoms with van der Waals surface area (Å²) in [7, 11) is 0. The van der Waals surface area contributed by atoms with Crippen LogP contribution in [0.15, 0.2) is 35.1 Å². The average Bonchev–Trinajstić information content (AvgIpc) is 2.40. The Hall–Kier alpha value is -1.90. The van der Waals surface area contributed by atoms with Gasteiger partial charge in [0.25, 0.3) is 5.56 Å². The Labute approximate surface area is 106 Å². The van der Waals surface area contributed by atoms with E-state index in [4.69, 9.17) is 0 Å². The third-order valence-electron chi connectivity index (χ3n) is 3.45. The van der Waals surface area contributed by atoms with Gasteiger partial charge in [0.05, 0.1) is 5.69 Å². The summed E-state index contributed by atoms with van der Waals surface area (Å²) in [6, 6.07) is 10.1. The highest BCUT2D eigenvalue weighted by atomic mass is 16.1. The lowest BCUT2D eigenvalue weighted by molar-refractivity contribution is 0.648. The molecule has 0 unspecified atom stereocenters. The predicted octanol–water partition coefficient (Wildman–Crippen LogP) is 2.24. The van der Waals surface area contributed by atoms with Crippen molar-refractivity contribution in [1.29, 1.82) is 0 Å². The Morgan fingerprint density at radius 1 is 1.11 bits per heavy atom. The van der Waals surface area contributed by atoms with Crippen LogP contribution in [0.4, 0.5) is 0 Å². The third kappa shape index (κ3) is 2.21. The van der Waals surface area contributed by atoms with E-state index in [2.05, 4.69) is 22.1 Å². The predicted molar refractivity (Wildman–Crippen MR) is 70.7 cm³/mol. The molecule has 1 aromatic carbocycles. The van der Waals surface area contributed by atoms with Gasteiger partial charge in [0.15, 0.2) is 0 Å². The highest BCUT2D eigenvalue weighted by Gasteiger charge is 2.15. The van der Waals surface area contributed by atoms with Crippen LogP contribution in [0.3, 0.4) is 0 Å². The standard InChI is InChI=1S/C15H16N2O/c18-15-12-8-4-5-9-13(12)16-14(17-15)10-11-6-2-1-3-7-11/h1-3,6-7H,4-5,8-10H2,(H,16,17,18). The molecular formula is C15H16N2O. The van der Waals surface area contributed by atoms with Crippen LogP contribution in [0.5, 0.6) is 0 Å². The van der Waals surface area contributed by atoms with E-state index in [1.807, 2.05) is 18.2 Å². The zero-order chi connectivity index (χ0) is 12.4. The van der Waals surface area contributed by atoms with Crippen molar-refractivity contribution in [3.05, 3.63) is 63.3 Å². The zero-order valence-electron chi connectivity index (χ0n) is 10.3. The topological polar surface area (TPSA) is 45.8 Å². The van der Waals surface area contributed by atoms with Crippen LogP contribution in [0.25, 0.3) is 0 Å². The molecule has 0 saturated heterocycles. The third-order valence-corrected chi connectivity index (χ3v) is 3.45. The van der Waals surface area contributed by atoms with Crippen molar-refractivity contribution in [2.45, 2.75) is 32.1 Å². The molecule has 18 heavy (non-hydrogen) atoms. The molecule has 1 N–H and O–H groups in total. The number of aromatic amines is 1. The number of aromatic nitrogens is 2. The minimum Gasteiger partial charge on any atom is -0.310 e. The molecule has 0 radical (unpaired) electrons. The maximum absolute atomic E-state index is 12.0. The lowest BCUT2D eigenvalue weighted by atomic mass is 9.97. The van der Waals surface area contributed by atoms with E-state index in [1.165, 1.54) is 5.56 Å². The fourth-order valence-electron chi connectivity index (χ4n) is 2.53. The van der Waals surface area contributed by atoms with E-state index in [0.717, 1.165) is 42.8 Å². The van der Waals surface area contributed by atoms with Crippen LogP contribution < -0.4 is 5.56 Å². The Balaban J connectivity index is 1.94. The molecule has 2 aromatic rings. The largest absolute Gasteiger partial charge is 0.310 e. The number of benzene rings is 1. The first kappa shape index (κ1) is 11.2. The molecule has 1 heterocycles. The normalized spacial score (nSPS) is 14.2. The Bertz CT molecular complexity index is 602. The van der Waals surface area contributed by atoms with Crippen molar-refractivity contribution < 1.29 is 0 Å². The average molecular weight is 240 g/mol. The highest BCUT2D eigenvalue weighted by Crippen LogP contribution is 2.16. The minimum absolute atomic E-state index is 0.0608. The van der Waals surface area contributed by atoms with Gasteiger partial charge in [-0.2, -0.15) is 0 Å². The van der Waals surface area contributed by atoms with Crippen molar-refractivity contribution >= 4 is 0 Å². The number of fused-ring (bicyclic) bond motifs is 1. The van der Waals surface area contributed by atoms with E-state index in [-0.39, 0.29) is 5.56 Å². The first-order valence-electron chi connectivity index (χ1n) is 6.48. The van der Waals surface area contributed by atoms with Gasteiger partial charge in [0.1, 0.15) is 5.82 Å². The van der Waals surface area contributed by atoms with Crippen LogP contribution >= 0.6 is 0 Å². The first-order valence-corrected chi connectivity index (χ1v) is 6.48. The van der Waals surface area contributed by atoms with Crippen molar-refractivity contribution in [1.82, 2.24) is 9.97 Å². The Morgan fingerprint density at radius 3 is 2.72 bits per heavy atom. The number of nitrogens with zero attached hydrogens (tertiary/aromatic N) is 1. The van der Waals surface area contributed by atoms with Crippen LogP contribution in [0.2, 0.25) is 0 Å². The van der Waals surface area contributed by atoms with E-state index < -0.39 is 0 Å². The maximum Gasteiger partial charge on any atom is 0.254 e. The lowest BCUT2D eigenvalue weighted by Gasteiger charge is -2.14. The summed E-state index contributed by atoms with van der Waals surface area (Å²) in [6.07, 6.45) is 4.78. The van der Waals surface area contributed by atoms with Gasteiger partial charge >= 0.3 is 0 Å². The van der Waals surface area contributed by atoms with Crippen molar-refractivity contribution in [2.75, 3.05) is 0 Å². The Morgan fingerprint density at radius 2 is 1.89 bits per heavy atom. The van der Waals surface area contributed by atoms with Gasteiger partial charge in [-0.1, -0.05) is 30.3 Å². The molecule has 0 aliphatic heterocycles. The molecule has 1 aliphatic carbocycles. The van der Waals surface area contributed by atoms with Gasteiger partial charge in [0, 0.05) is 12.0 Å². The molecule has 92 valence electrons. The summed E-state index contributed by atoms with van der Waals surface area (Å²) in [4.78, 5) is 19.5.